The minimum absolute atomic E-state index is 0.0386. The van der Waals surface area contributed by atoms with Crippen molar-refractivity contribution < 1.29 is 14.7 Å². The molecule has 0 saturated carbocycles. The van der Waals surface area contributed by atoms with Crippen molar-refractivity contribution in [1.82, 2.24) is 10.2 Å². The van der Waals surface area contributed by atoms with E-state index in [9.17, 15) is 9.59 Å². The molecule has 0 aromatic rings. The van der Waals surface area contributed by atoms with Crippen LogP contribution < -0.4 is 5.32 Å². The molecule has 5 heteroatoms. The summed E-state index contributed by atoms with van der Waals surface area (Å²) in [5.41, 5.74) is -0.264. The Balaban J connectivity index is 2.61. The van der Waals surface area contributed by atoms with Crippen molar-refractivity contribution in [1.29, 1.82) is 0 Å². The molecule has 1 atom stereocenters. The Kier molecular flexibility index (Phi) is 5.63. The molecule has 0 aromatic heterocycles. The molecule has 19 heavy (non-hydrogen) atoms. The van der Waals surface area contributed by atoms with Crippen LogP contribution in [0.2, 0.25) is 0 Å². The standard InChI is InChI=1S/C14H26N2O3/c1-14(2,3)11(10-12(17)18)15-13(19)16-8-6-4-5-7-9-16/h11H,4-10H2,1-3H3,(H,15,19)(H,17,18). The molecule has 2 N–H and O–H groups in total. The predicted octanol–water partition coefficient (Wildman–Crippen LogP) is 2.46. The van der Waals surface area contributed by atoms with Gasteiger partial charge in [-0.1, -0.05) is 33.6 Å². The van der Waals surface area contributed by atoms with Crippen molar-refractivity contribution in [2.75, 3.05) is 13.1 Å². The molecule has 0 aliphatic carbocycles. The van der Waals surface area contributed by atoms with Crippen LogP contribution >= 0.6 is 0 Å². The molecule has 0 aromatic carbocycles. The molecule has 1 unspecified atom stereocenters. The average Bonchev–Trinajstić information content (AvgIpc) is 2.54. The SMILES string of the molecule is CC(C)(C)C(CC(=O)O)NC(=O)N1CCCCCC1. The van der Waals surface area contributed by atoms with Crippen molar-refractivity contribution in [3.63, 3.8) is 0 Å². The van der Waals surface area contributed by atoms with Gasteiger partial charge in [-0.25, -0.2) is 4.79 Å². The third-order valence-corrected chi connectivity index (χ3v) is 3.62. The number of carbonyl (C=O) groups excluding carboxylic acids is 1. The zero-order chi connectivity index (χ0) is 14.5. The maximum Gasteiger partial charge on any atom is 0.317 e. The van der Waals surface area contributed by atoms with Gasteiger partial charge in [0, 0.05) is 19.1 Å². The van der Waals surface area contributed by atoms with Crippen LogP contribution in [0, 0.1) is 5.41 Å². The highest BCUT2D eigenvalue weighted by Crippen LogP contribution is 2.22. The summed E-state index contributed by atoms with van der Waals surface area (Å²) < 4.78 is 0. The number of amides is 2. The first-order valence-corrected chi connectivity index (χ1v) is 7.08. The minimum Gasteiger partial charge on any atom is -0.481 e. The molecule has 5 nitrogen and oxygen atoms in total. The summed E-state index contributed by atoms with van der Waals surface area (Å²) >= 11 is 0. The van der Waals surface area contributed by atoms with Crippen molar-refractivity contribution in [3.8, 4) is 0 Å². The van der Waals surface area contributed by atoms with Crippen LogP contribution in [0.25, 0.3) is 0 Å². The van der Waals surface area contributed by atoms with Crippen molar-refractivity contribution in [2.24, 2.45) is 5.41 Å². The monoisotopic (exact) mass is 270 g/mol. The Labute approximate surface area is 115 Å². The van der Waals surface area contributed by atoms with Crippen LogP contribution in [0.4, 0.5) is 4.79 Å². The predicted molar refractivity (Wildman–Crippen MR) is 74.1 cm³/mol. The second kappa shape index (κ2) is 6.78. The molecule has 0 spiro atoms. The van der Waals surface area contributed by atoms with E-state index in [1.807, 2.05) is 25.7 Å². The van der Waals surface area contributed by atoms with Crippen molar-refractivity contribution in [2.45, 2.75) is 58.9 Å². The molecular weight excluding hydrogens is 244 g/mol. The maximum absolute atomic E-state index is 12.2. The van der Waals surface area contributed by atoms with Gasteiger partial charge in [-0.3, -0.25) is 4.79 Å². The van der Waals surface area contributed by atoms with E-state index in [1.54, 1.807) is 0 Å². The van der Waals surface area contributed by atoms with Gasteiger partial charge in [-0.2, -0.15) is 0 Å². The van der Waals surface area contributed by atoms with Gasteiger partial charge in [-0.05, 0) is 18.3 Å². The van der Waals surface area contributed by atoms with Crippen LogP contribution in [0.5, 0.6) is 0 Å². The first-order chi connectivity index (χ1) is 8.80. The van der Waals surface area contributed by atoms with Gasteiger partial charge in [0.2, 0.25) is 0 Å². The van der Waals surface area contributed by atoms with Crippen LogP contribution in [0.15, 0.2) is 0 Å². The first-order valence-electron chi connectivity index (χ1n) is 7.08. The topological polar surface area (TPSA) is 69.6 Å². The summed E-state index contributed by atoms with van der Waals surface area (Å²) in [5.74, 6) is -0.879. The summed E-state index contributed by atoms with van der Waals surface area (Å²) in [6.07, 6.45) is 4.37. The summed E-state index contributed by atoms with van der Waals surface area (Å²) in [7, 11) is 0. The summed E-state index contributed by atoms with van der Waals surface area (Å²) in [6, 6.07) is -0.469. The molecule has 110 valence electrons. The van der Waals surface area contributed by atoms with Crippen LogP contribution in [-0.4, -0.2) is 41.1 Å². The van der Waals surface area contributed by atoms with E-state index in [-0.39, 0.29) is 23.9 Å². The van der Waals surface area contributed by atoms with E-state index in [2.05, 4.69) is 5.32 Å². The Morgan fingerprint density at radius 1 is 1.16 bits per heavy atom. The number of likely N-dealkylation sites (tertiary alicyclic amines) is 1. The summed E-state index contributed by atoms with van der Waals surface area (Å²) in [6.45, 7) is 7.39. The Hall–Kier alpha value is -1.26. The van der Waals surface area contributed by atoms with Gasteiger partial charge in [0.15, 0.2) is 0 Å². The molecule has 1 fully saturated rings. The van der Waals surface area contributed by atoms with E-state index >= 15 is 0 Å². The molecule has 1 aliphatic rings. The fraction of sp³-hybridized carbons (Fsp3) is 0.857. The van der Waals surface area contributed by atoms with E-state index < -0.39 is 5.97 Å². The van der Waals surface area contributed by atoms with Gasteiger partial charge in [0.25, 0.3) is 0 Å². The lowest BCUT2D eigenvalue weighted by Crippen LogP contribution is -2.50. The number of aliphatic carboxylic acids is 1. The lowest BCUT2D eigenvalue weighted by Gasteiger charge is -2.32. The average molecular weight is 270 g/mol. The van der Waals surface area contributed by atoms with Gasteiger partial charge in [-0.15, -0.1) is 0 Å². The van der Waals surface area contributed by atoms with Gasteiger partial charge in [0.05, 0.1) is 6.42 Å². The molecule has 0 bridgehead atoms. The highest BCUT2D eigenvalue weighted by Gasteiger charge is 2.30. The number of nitrogens with zero attached hydrogens (tertiary/aromatic N) is 1. The van der Waals surface area contributed by atoms with Crippen LogP contribution in [-0.2, 0) is 4.79 Å². The van der Waals surface area contributed by atoms with E-state index in [1.165, 1.54) is 12.8 Å². The summed E-state index contributed by atoms with van der Waals surface area (Å²) in [5, 5.41) is 11.8. The lowest BCUT2D eigenvalue weighted by molar-refractivity contribution is -0.138. The number of rotatable bonds is 3. The Morgan fingerprint density at radius 3 is 2.11 bits per heavy atom. The third-order valence-electron chi connectivity index (χ3n) is 3.62. The number of hydrogen-bond donors (Lipinski definition) is 2. The Morgan fingerprint density at radius 2 is 1.68 bits per heavy atom. The number of nitrogens with one attached hydrogen (secondary N) is 1. The fourth-order valence-electron chi connectivity index (χ4n) is 2.26. The normalized spacial score (nSPS) is 18.6. The number of hydrogen-bond acceptors (Lipinski definition) is 2. The number of carboxylic acid groups (broad SMARTS) is 1. The van der Waals surface area contributed by atoms with Crippen molar-refractivity contribution in [3.05, 3.63) is 0 Å². The van der Waals surface area contributed by atoms with Crippen LogP contribution in [0.1, 0.15) is 52.9 Å². The molecule has 1 saturated heterocycles. The Bertz CT molecular complexity index is 315. The minimum atomic E-state index is -0.879. The lowest BCUT2D eigenvalue weighted by atomic mass is 9.85. The molecule has 2 amide bonds. The fourth-order valence-corrected chi connectivity index (χ4v) is 2.26. The third kappa shape index (κ3) is 5.49. The zero-order valence-corrected chi connectivity index (χ0v) is 12.2. The molecular formula is C14H26N2O3. The highest BCUT2D eigenvalue weighted by molar-refractivity contribution is 5.76. The number of carbonyl (C=O) groups is 2. The second-order valence-corrected chi connectivity index (χ2v) is 6.37. The molecule has 1 rings (SSSR count). The van der Waals surface area contributed by atoms with Crippen molar-refractivity contribution >= 4 is 12.0 Å². The van der Waals surface area contributed by atoms with E-state index in [0.29, 0.717) is 0 Å². The van der Waals surface area contributed by atoms with E-state index in [0.717, 1.165) is 25.9 Å². The van der Waals surface area contributed by atoms with Gasteiger partial charge < -0.3 is 15.3 Å². The maximum atomic E-state index is 12.2. The number of urea groups is 1. The molecule has 1 heterocycles. The largest absolute Gasteiger partial charge is 0.481 e. The summed E-state index contributed by atoms with van der Waals surface area (Å²) in [4.78, 5) is 24.9. The van der Waals surface area contributed by atoms with Gasteiger partial charge >= 0.3 is 12.0 Å². The smallest absolute Gasteiger partial charge is 0.317 e. The quantitative estimate of drug-likeness (QED) is 0.827. The number of carboxylic acids is 1. The van der Waals surface area contributed by atoms with Gasteiger partial charge in [0.1, 0.15) is 0 Å². The highest BCUT2D eigenvalue weighted by atomic mass is 16.4. The first kappa shape index (κ1) is 15.8. The van der Waals surface area contributed by atoms with Crippen LogP contribution in [0.3, 0.4) is 0 Å². The van der Waals surface area contributed by atoms with E-state index in [4.69, 9.17) is 5.11 Å². The zero-order valence-electron chi connectivity index (χ0n) is 12.2. The second-order valence-electron chi connectivity index (χ2n) is 6.37. The molecule has 0 radical (unpaired) electrons. The molecule has 1 aliphatic heterocycles.